The molecule has 192 valence electrons. The Morgan fingerprint density at radius 3 is 2.35 bits per heavy atom. The number of nitrogens with zero attached hydrogens (tertiary/aromatic N) is 3. The second-order valence-corrected chi connectivity index (χ2v) is 10.3. The van der Waals surface area contributed by atoms with Gasteiger partial charge in [0.1, 0.15) is 22.8 Å². The van der Waals surface area contributed by atoms with E-state index in [4.69, 9.17) is 0 Å². The molecule has 0 saturated carbocycles. The lowest BCUT2D eigenvalue weighted by molar-refractivity contribution is -0.147. The number of rotatable bonds is 6. The molecule has 0 amide bonds. The van der Waals surface area contributed by atoms with Crippen molar-refractivity contribution in [3.05, 3.63) is 77.2 Å². The van der Waals surface area contributed by atoms with Crippen molar-refractivity contribution in [2.24, 2.45) is 0 Å². The average Bonchev–Trinajstić information content (AvgIpc) is 3.16. The summed E-state index contributed by atoms with van der Waals surface area (Å²) in [5.41, 5.74) is 3.30. The van der Waals surface area contributed by atoms with Gasteiger partial charge in [-0.1, -0.05) is 24.6 Å². The van der Waals surface area contributed by atoms with Crippen molar-refractivity contribution in [1.82, 2.24) is 14.3 Å². The van der Waals surface area contributed by atoms with Crippen LogP contribution in [0.1, 0.15) is 30.5 Å². The first-order chi connectivity index (χ1) is 17.4. The number of hydrogen-bond acceptors (Lipinski definition) is 4. The lowest BCUT2D eigenvalue weighted by atomic mass is 10.1. The Bertz CT molecular complexity index is 1620. The molecule has 4 rings (SSSR count). The van der Waals surface area contributed by atoms with Gasteiger partial charge in [0.05, 0.1) is 22.5 Å². The molecule has 0 aliphatic heterocycles. The molecule has 6 nitrogen and oxygen atoms in total. The van der Waals surface area contributed by atoms with Gasteiger partial charge in [-0.25, -0.2) is 12.8 Å². The number of hydrogen-bond donors (Lipinski definition) is 1. The molecule has 1 unspecified atom stereocenters. The van der Waals surface area contributed by atoms with Crippen LogP contribution in [0.5, 0.6) is 0 Å². The number of sulfonamides is 1. The zero-order chi connectivity index (χ0) is 27.1. The molecular formula is C26H22F4N4O2S. The Labute approximate surface area is 211 Å². The number of aryl methyl sites for hydroxylation is 2. The second kappa shape index (κ2) is 9.61. The van der Waals surface area contributed by atoms with Gasteiger partial charge in [0.15, 0.2) is 0 Å². The number of halogens is 4. The molecule has 1 atom stereocenters. The van der Waals surface area contributed by atoms with E-state index in [1.807, 2.05) is 38.1 Å². The predicted octanol–water partition coefficient (Wildman–Crippen LogP) is 5.80. The van der Waals surface area contributed by atoms with Crippen molar-refractivity contribution >= 4 is 20.9 Å². The van der Waals surface area contributed by atoms with Crippen LogP contribution in [-0.4, -0.2) is 30.2 Å². The van der Waals surface area contributed by atoms with E-state index in [0.717, 1.165) is 17.8 Å². The van der Waals surface area contributed by atoms with Gasteiger partial charge in [-0.2, -0.15) is 23.2 Å². The van der Waals surface area contributed by atoms with Crippen molar-refractivity contribution in [2.75, 3.05) is 0 Å². The Morgan fingerprint density at radius 2 is 1.81 bits per heavy atom. The van der Waals surface area contributed by atoms with E-state index in [9.17, 15) is 31.2 Å². The number of pyridine rings is 1. The van der Waals surface area contributed by atoms with Gasteiger partial charge in [-0.05, 0) is 62.2 Å². The molecule has 0 fully saturated rings. The lowest BCUT2D eigenvalue weighted by Gasteiger charge is -2.17. The van der Waals surface area contributed by atoms with Crippen LogP contribution in [-0.2, 0) is 16.4 Å². The first-order valence-corrected chi connectivity index (χ1v) is 12.7. The summed E-state index contributed by atoms with van der Waals surface area (Å²) < 4.78 is 81.6. The highest BCUT2D eigenvalue weighted by atomic mass is 32.2. The average molecular weight is 531 g/mol. The quantitative estimate of drug-likeness (QED) is 0.319. The minimum absolute atomic E-state index is 0.129. The van der Waals surface area contributed by atoms with E-state index in [-0.39, 0.29) is 11.3 Å². The molecule has 37 heavy (non-hydrogen) atoms. The maximum absolute atomic E-state index is 14.7. The van der Waals surface area contributed by atoms with Gasteiger partial charge in [-0.15, -0.1) is 0 Å². The molecule has 4 aromatic rings. The molecule has 0 aliphatic rings. The van der Waals surface area contributed by atoms with Gasteiger partial charge < -0.3 is 4.57 Å². The molecule has 0 aliphatic carbocycles. The third-order valence-electron chi connectivity index (χ3n) is 6.03. The van der Waals surface area contributed by atoms with E-state index < -0.39 is 33.0 Å². The van der Waals surface area contributed by atoms with E-state index in [1.54, 1.807) is 15.4 Å². The van der Waals surface area contributed by atoms with E-state index in [0.29, 0.717) is 41.2 Å². The van der Waals surface area contributed by atoms with Crippen LogP contribution in [0.4, 0.5) is 17.6 Å². The van der Waals surface area contributed by atoms with E-state index in [2.05, 4.69) is 11.1 Å². The number of aromatic nitrogens is 2. The summed E-state index contributed by atoms with van der Waals surface area (Å²) in [7, 11) is -4.52. The Hall–Kier alpha value is -3.75. The largest absolute Gasteiger partial charge is 0.404 e. The maximum atomic E-state index is 14.7. The molecule has 11 heteroatoms. The van der Waals surface area contributed by atoms with Crippen molar-refractivity contribution in [1.29, 1.82) is 5.26 Å². The summed E-state index contributed by atoms with van der Waals surface area (Å²) in [5.74, 6) is -0.460. The highest BCUT2D eigenvalue weighted by Crippen LogP contribution is 2.37. The van der Waals surface area contributed by atoms with Crippen LogP contribution < -0.4 is 4.72 Å². The number of fused-ring (bicyclic) bond motifs is 1. The molecule has 2 aromatic carbocycles. The highest BCUT2D eigenvalue weighted by molar-refractivity contribution is 7.89. The van der Waals surface area contributed by atoms with E-state index in [1.165, 1.54) is 12.1 Å². The number of benzene rings is 2. The van der Waals surface area contributed by atoms with Gasteiger partial charge in [0.2, 0.25) is 10.0 Å². The molecule has 2 aromatic heterocycles. The van der Waals surface area contributed by atoms with Crippen LogP contribution >= 0.6 is 0 Å². The fourth-order valence-electron chi connectivity index (χ4n) is 3.99. The third kappa shape index (κ3) is 4.95. The Kier molecular flexibility index (Phi) is 6.83. The fourth-order valence-corrected chi connectivity index (χ4v) is 5.16. The number of nitrogens with one attached hydrogen (secondary N) is 1. The van der Waals surface area contributed by atoms with Crippen molar-refractivity contribution in [3.8, 4) is 23.1 Å². The normalized spacial score (nSPS) is 13.0. The van der Waals surface area contributed by atoms with Crippen LogP contribution in [0.2, 0.25) is 0 Å². The van der Waals surface area contributed by atoms with Crippen LogP contribution in [0.3, 0.4) is 0 Å². The smallest absolute Gasteiger partial charge is 0.307 e. The van der Waals surface area contributed by atoms with Gasteiger partial charge in [-0.3, -0.25) is 4.98 Å². The minimum Gasteiger partial charge on any atom is -0.307 e. The molecule has 0 bridgehead atoms. The fraction of sp³-hybridized carbons (Fsp3) is 0.231. The zero-order valence-electron chi connectivity index (χ0n) is 20.1. The topological polar surface area (TPSA) is 87.8 Å². The molecular weight excluding hydrogens is 508 g/mol. The maximum Gasteiger partial charge on any atom is 0.404 e. The van der Waals surface area contributed by atoms with Gasteiger partial charge in [0, 0.05) is 17.3 Å². The first kappa shape index (κ1) is 26.3. The van der Waals surface area contributed by atoms with Crippen LogP contribution in [0.25, 0.3) is 28.0 Å². The Balaban J connectivity index is 1.92. The Morgan fingerprint density at radius 1 is 1.14 bits per heavy atom. The summed E-state index contributed by atoms with van der Waals surface area (Å²) in [6.07, 6.45) is -3.41. The highest BCUT2D eigenvalue weighted by Gasteiger charge is 2.39. The first-order valence-electron chi connectivity index (χ1n) is 11.3. The van der Waals surface area contributed by atoms with Gasteiger partial charge in [0.25, 0.3) is 0 Å². The van der Waals surface area contributed by atoms with Crippen molar-refractivity contribution < 1.29 is 26.0 Å². The second-order valence-electron chi connectivity index (χ2n) is 8.58. The van der Waals surface area contributed by atoms with Crippen molar-refractivity contribution in [3.63, 3.8) is 0 Å². The molecule has 2 heterocycles. The standard InChI is InChI=1S/C26H22F4N4O2S/c1-4-17-11-24-20(12-22(17)27)21(13-31)25(34(24)18-7-5-15(2)6-8-18)23-10-9-19(14-32-23)37(35,36)33-16(3)26(28,29)30/h5-12,14,16,33H,4H2,1-3H3. The number of nitriles is 1. The van der Waals surface area contributed by atoms with Crippen molar-refractivity contribution in [2.45, 2.75) is 44.3 Å². The van der Waals surface area contributed by atoms with Gasteiger partial charge >= 0.3 is 6.18 Å². The van der Waals surface area contributed by atoms with E-state index >= 15 is 0 Å². The molecule has 0 saturated heterocycles. The summed E-state index contributed by atoms with van der Waals surface area (Å²) >= 11 is 0. The summed E-state index contributed by atoms with van der Waals surface area (Å²) in [4.78, 5) is 3.72. The predicted molar refractivity (Wildman–Crippen MR) is 131 cm³/mol. The third-order valence-corrected chi connectivity index (χ3v) is 7.56. The number of alkyl halides is 3. The molecule has 1 N–H and O–H groups in total. The zero-order valence-corrected chi connectivity index (χ0v) is 20.9. The molecule has 0 radical (unpaired) electrons. The monoisotopic (exact) mass is 530 g/mol. The molecule has 0 spiro atoms. The minimum atomic E-state index is -4.76. The van der Waals surface area contributed by atoms with Crippen LogP contribution in [0.15, 0.2) is 59.6 Å². The van der Waals surface area contributed by atoms with Crippen LogP contribution in [0, 0.1) is 24.1 Å². The summed E-state index contributed by atoms with van der Waals surface area (Å²) in [6.45, 7) is 4.42. The SMILES string of the molecule is CCc1cc2c(cc1F)c(C#N)c(-c1ccc(S(=O)(=O)NC(C)C(F)(F)F)cn1)n2-c1ccc(C)cc1. The lowest BCUT2D eigenvalue weighted by Crippen LogP contribution is -2.42. The summed E-state index contributed by atoms with van der Waals surface area (Å²) in [5, 5.41) is 10.4. The summed E-state index contributed by atoms with van der Waals surface area (Å²) in [6, 6.07) is 12.6.